The van der Waals surface area contributed by atoms with Crippen molar-refractivity contribution in [1.29, 1.82) is 0 Å². The molecule has 0 aromatic rings. The first-order valence-corrected chi connectivity index (χ1v) is 7.32. The molecule has 9 heavy (non-hydrogen) atoms. The Morgan fingerprint density at radius 1 is 1.89 bits per heavy atom. The molecule has 2 nitrogen and oxygen atoms in total. The van der Waals surface area contributed by atoms with E-state index in [1.165, 1.54) is 0 Å². The van der Waals surface area contributed by atoms with Crippen molar-refractivity contribution in [3.63, 3.8) is 0 Å². The third-order valence-corrected chi connectivity index (χ3v) is 2.50. The van der Waals surface area contributed by atoms with Crippen LogP contribution in [0.4, 0.5) is 0 Å². The Hall–Kier alpha value is 1.27. The minimum absolute atomic E-state index is 0.438. The van der Waals surface area contributed by atoms with Gasteiger partial charge < -0.3 is 9.42 Å². The van der Waals surface area contributed by atoms with Crippen LogP contribution in [0.25, 0.3) is 0 Å². The molecule has 1 N–H and O–H groups in total. The Morgan fingerprint density at radius 3 is 2.78 bits per heavy atom. The van der Waals surface area contributed by atoms with E-state index in [1.54, 1.807) is 11.8 Å². The molecule has 0 rings (SSSR count). The molecule has 0 amide bonds. The highest BCUT2D eigenvalue weighted by atomic mass is 32.9. The SMILES string of the molecule is CCSCOP(O)(=S)S. The molecule has 0 saturated heterocycles. The summed E-state index contributed by atoms with van der Waals surface area (Å²) in [5.74, 6) is 1.40. The topological polar surface area (TPSA) is 29.5 Å². The van der Waals surface area contributed by atoms with Crippen molar-refractivity contribution in [2.45, 2.75) is 6.92 Å². The highest BCUT2D eigenvalue weighted by Crippen LogP contribution is 2.47. The van der Waals surface area contributed by atoms with Gasteiger partial charge in [0, 0.05) is 0 Å². The quantitative estimate of drug-likeness (QED) is 0.316. The van der Waals surface area contributed by atoms with Crippen LogP contribution in [0.15, 0.2) is 0 Å². The van der Waals surface area contributed by atoms with E-state index in [2.05, 4.69) is 24.1 Å². The summed E-state index contributed by atoms with van der Waals surface area (Å²) in [5, 5.41) is 0. The maximum Gasteiger partial charge on any atom is 0.242 e. The summed E-state index contributed by atoms with van der Waals surface area (Å²) in [6.07, 6.45) is 0. The standard InChI is InChI=1S/C3H9O2PS3/c1-2-9-3-5-6(4,7)8/h2-3H2,1H3,(H2,4,7,8). The minimum Gasteiger partial charge on any atom is -0.338 e. The van der Waals surface area contributed by atoms with E-state index in [9.17, 15) is 0 Å². The molecular weight excluding hydrogens is 195 g/mol. The molecule has 0 spiro atoms. The fourth-order valence-electron chi connectivity index (χ4n) is 0.189. The predicted molar refractivity (Wildman–Crippen MR) is 49.6 cm³/mol. The van der Waals surface area contributed by atoms with Crippen LogP contribution >= 0.6 is 29.7 Å². The van der Waals surface area contributed by atoms with Gasteiger partial charge in [0.2, 0.25) is 5.69 Å². The van der Waals surface area contributed by atoms with E-state index in [1.807, 2.05) is 6.92 Å². The third kappa shape index (κ3) is 9.27. The maximum absolute atomic E-state index is 8.80. The molecule has 56 valence electrons. The lowest BCUT2D eigenvalue weighted by Crippen LogP contribution is -1.82. The summed E-state index contributed by atoms with van der Waals surface area (Å²) < 4.78 is 4.78. The van der Waals surface area contributed by atoms with Crippen molar-refractivity contribution in [1.82, 2.24) is 0 Å². The zero-order valence-electron chi connectivity index (χ0n) is 4.98. The molecule has 0 aliphatic rings. The van der Waals surface area contributed by atoms with Crippen LogP contribution in [-0.4, -0.2) is 16.6 Å². The van der Waals surface area contributed by atoms with Crippen molar-refractivity contribution in [3.05, 3.63) is 0 Å². The summed E-state index contributed by atoms with van der Waals surface area (Å²) >= 11 is 9.73. The largest absolute Gasteiger partial charge is 0.338 e. The van der Waals surface area contributed by atoms with Gasteiger partial charge in [0.1, 0.15) is 5.94 Å². The van der Waals surface area contributed by atoms with Gasteiger partial charge >= 0.3 is 0 Å². The number of thiol groups is 1. The Morgan fingerprint density at radius 2 is 2.44 bits per heavy atom. The van der Waals surface area contributed by atoms with Gasteiger partial charge in [-0.15, -0.1) is 11.8 Å². The van der Waals surface area contributed by atoms with Gasteiger partial charge in [-0.2, -0.15) is 0 Å². The molecule has 6 heteroatoms. The molecule has 0 aliphatic heterocycles. The monoisotopic (exact) mass is 204 g/mol. The molecule has 0 heterocycles. The molecular formula is C3H9O2PS3. The van der Waals surface area contributed by atoms with Crippen molar-refractivity contribution < 1.29 is 9.42 Å². The van der Waals surface area contributed by atoms with Crippen LogP contribution < -0.4 is 0 Å². The van der Waals surface area contributed by atoms with Crippen LogP contribution in [0.1, 0.15) is 6.92 Å². The van der Waals surface area contributed by atoms with Gasteiger partial charge in [-0.3, -0.25) is 0 Å². The molecule has 0 aromatic carbocycles. The highest BCUT2D eigenvalue weighted by Gasteiger charge is 2.03. The van der Waals surface area contributed by atoms with Gasteiger partial charge in [-0.1, -0.05) is 19.2 Å². The third-order valence-electron chi connectivity index (χ3n) is 0.508. The average Bonchev–Trinajstić information content (AvgIpc) is 1.63. The van der Waals surface area contributed by atoms with E-state index in [-0.39, 0.29) is 0 Å². The molecule has 0 radical (unpaired) electrons. The van der Waals surface area contributed by atoms with Gasteiger partial charge in [0.05, 0.1) is 0 Å². The molecule has 0 saturated carbocycles. The van der Waals surface area contributed by atoms with Gasteiger partial charge in [0.15, 0.2) is 0 Å². The van der Waals surface area contributed by atoms with Crippen molar-refractivity contribution in [3.8, 4) is 0 Å². The molecule has 0 aromatic heterocycles. The van der Waals surface area contributed by atoms with Crippen molar-refractivity contribution in [2.24, 2.45) is 0 Å². The second-order valence-electron chi connectivity index (χ2n) is 1.23. The van der Waals surface area contributed by atoms with Crippen LogP contribution in [0.2, 0.25) is 0 Å². The fraction of sp³-hybridized carbons (Fsp3) is 1.00. The summed E-state index contributed by atoms with van der Waals surface area (Å²) in [7, 11) is 0. The second kappa shape index (κ2) is 4.99. The lowest BCUT2D eigenvalue weighted by Gasteiger charge is -2.06. The Labute approximate surface area is 69.7 Å². The van der Waals surface area contributed by atoms with E-state index < -0.39 is 5.69 Å². The van der Waals surface area contributed by atoms with E-state index >= 15 is 0 Å². The average molecular weight is 204 g/mol. The minimum atomic E-state index is -2.69. The molecule has 1 atom stereocenters. The van der Waals surface area contributed by atoms with Crippen LogP contribution in [0.3, 0.4) is 0 Å². The first-order valence-electron chi connectivity index (χ1n) is 2.34. The Bertz CT molecular complexity index is 112. The molecule has 0 aliphatic carbocycles. The van der Waals surface area contributed by atoms with Crippen molar-refractivity contribution in [2.75, 3.05) is 11.7 Å². The van der Waals surface area contributed by atoms with E-state index in [0.29, 0.717) is 5.94 Å². The lowest BCUT2D eigenvalue weighted by molar-refractivity contribution is 0.387. The van der Waals surface area contributed by atoms with Gasteiger partial charge in [-0.25, -0.2) is 0 Å². The summed E-state index contributed by atoms with van der Waals surface area (Å²) in [5.41, 5.74) is -2.69. The molecule has 0 fully saturated rings. The highest BCUT2D eigenvalue weighted by molar-refractivity contribution is 8.59. The summed E-state index contributed by atoms with van der Waals surface area (Å²) in [6, 6.07) is 0. The van der Waals surface area contributed by atoms with E-state index in [0.717, 1.165) is 5.75 Å². The van der Waals surface area contributed by atoms with Crippen LogP contribution in [-0.2, 0) is 16.3 Å². The number of rotatable bonds is 4. The Kier molecular flexibility index (Phi) is 5.70. The Balaban J connectivity index is 3.18. The normalized spacial score (nSPS) is 17.2. The number of hydrogen-bond acceptors (Lipinski definition) is 3. The maximum atomic E-state index is 8.80. The zero-order chi connectivity index (χ0) is 7.33. The van der Waals surface area contributed by atoms with Crippen molar-refractivity contribution >= 4 is 41.5 Å². The smallest absolute Gasteiger partial charge is 0.242 e. The number of hydrogen-bond donors (Lipinski definition) is 2. The number of thioether (sulfide) groups is 1. The first-order chi connectivity index (χ1) is 4.06. The molecule has 1 unspecified atom stereocenters. The predicted octanol–water partition coefficient (Wildman–Crippen LogP) is 1.86. The van der Waals surface area contributed by atoms with E-state index in [4.69, 9.17) is 9.42 Å². The van der Waals surface area contributed by atoms with Crippen LogP contribution in [0.5, 0.6) is 0 Å². The first kappa shape index (κ1) is 10.3. The van der Waals surface area contributed by atoms with Crippen LogP contribution in [0, 0.1) is 0 Å². The summed E-state index contributed by atoms with van der Waals surface area (Å²) in [6.45, 7) is 2.01. The van der Waals surface area contributed by atoms with Gasteiger partial charge in [0.25, 0.3) is 0 Å². The summed E-state index contributed by atoms with van der Waals surface area (Å²) in [4.78, 5) is 8.80. The molecule has 0 bridgehead atoms. The van der Waals surface area contributed by atoms with Gasteiger partial charge in [-0.05, 0) is 17.6 Å². The lowest BCUT2D eigenvalue weighted by atomic mass is 11.0. The second-order valence-corrected chi connectivity index (χ2v) is 7.61. The zero-order valence-corrected chi connectivity index (χ0v) is 8.40. The fourth-order valence-corrected chi connectivity index (χ4v) is 2.01.